The van der Waals surface area contributed by atoms with Crippen LogP contribution in [-0.4, -0.2) is 105 Å². The number of hydrogen-bond donors (Lipinski definition) is 1. The highest BCUT2D eigenvalue weighted by Gasteiger charge is 2.30. The lowest BCUT2D eigenvalue weighted by atomic mass is 10.0. The molecule has 1 unspecified atom stereocenters. The predicted molar refractivity (Wildman–Crippen MR) is 171 cm³/mol. The number of aliphatic hydroxyl groups excluding tert-OH is 1. The minimum Gasteiger partial charge on any atom is -0.387 e. The number of likely N-dealkylation sites (N-methyl/N-ethyl adjacent to an activating group) is 1. The summed E-state index contributed by atoms with van der Waals surface area (Å²) in [4.78, 5) is 0. The molecule has 1 atom stereocenters. The summed E-state index contributed by atoms with van der Waals surface area (Å²) in [6.45, 7) is 18.6. The maximum atomic E-state index is 11.1. The molecule has 0 saturated carbocycles. The molecule has 38 heavy (non-hydrogen) atoms. The van der Waals surface area contributed by atoms with Crippen molar-refractivity contribution in [2.75, 3.05) is 80.5 Å². The summed E-state index contributed by atoms with van der Waals surface area (Å²) in [6.07, 6.45) is 22.9. The van der Waals surface area contributed by atoms with Gasteiger partial charge >= 0.3 is 0 Å². The van der Waals surface area contributed by atoms with Crippen LogP contribution in [0.25, 0.3) is 0 Å². The van der Waals surface area contributed by atoms with Crippen LogP contribution in [0.15, 0.2) is 0 Å². The zero-order valence-electron chi connectivity index (χ0n) is 28.0. The monoisotopic (exact) mass is 543 g/mol. The van der Waals surface area contributed by atoms with E-state index in [4.69, 9.17) is 0 Å². The van der Waals surface area contributed by atoms with Crippen molar-refractivity contribution >= 4 is 0 Å². The molecule has 0 aliphatic heterocycles. The van der Waals surface area contributed by atoms with Gasteiger partial charge in [0.25, 0.3) is 0 Å². The fraction of sp³-hybridized carbons (Fsp3) is 1.00. The van der Waals surface area contributed by atoms with E-state index in [0.717, 1.165) is 33.0 Å². The molecule has 0 aliphatic carbocycles. The van der Waals surface area contributed by atoms with Crippen molar-refractivity contribution in [3.8, 4) is 0 Å². The Balaban J connectivity index is 4.31. The third-order valence-corrected chi connectivity index (χ3v) is 9.66. The van der Waals surface area contributed by atoms with E-state index in [2.05, 4.69) is 55.9 Å². The van der Waals surface area contributed by atoms with Gasteiger partial charge in [0.1, 0.15) is 12.6 Å². The zero-order chi connectivity index (χ0) is 28.8. The highest BCUT2D eigenvalue weighted by Crippen LogP contribution is 2.18. The Morgan fingerprint density at radius 1 is 0.447 bits per heavy atom. The molecule has 4 nitrogen and oxygen atoms in total. The highest BCUT2D eigenvalue weighted by molar-refractivity contribution is 4.59. The first kappa shape index (κ1) is 37.8. The van der Waals surface area contributed by atoms with Crippen LogP contribution in [0.3, 0.4) is 0 Å². The SMILES string of the molecule is CCCCCCCCCCCCCCCCC(O)C[N+](CC)(CCC[N+](C)(C)CC)CCC[N+](C)(C)CC. The molecule has 0 saturated heterocycles. The molecule has 230 valence electrons. The highest BCUT2D eigenvalue weighted by atomic mass is 16.3. The van der Waals surface area contributed by atoms with Crippen molar-refractivity contribution in [2.45, 2.75) is 143 Å². The lowest BCUT2D eigenvalue weighted by molar-refractivity contribution is -0.941. The second kappa shape index (κ2) is 22.5. The fourth-order valence-corrected chi connectivity index (χ4v) is 5.84. The van der Waals surface area contributed by atoms with Gasteiger partial charge in [0.05, 0.1) is 74.0 Å². The molecule has 0 aliphatic rings. The van der Waals surface area contributed by atoms with E-state index in [9.17, 15) is 5.11 Å². The summed E-state index contributed by atoms with van der Waals surface area (Å²) in [5.74, 6) is 0. The Morgan fingerprint density at radius 3 is 1.16 bits per heavy atom. The Labute approximate surface area is 241 Å². The van der Waals surface area contributed by atoms with Crippen LogP contribution in [0.2, 0.25) is 0 Å². The van der Waals surface area contributed by atoms with Crippen LogP contribution in [0.5, 0.6) is 0 Å². The van der Waals surface area contributed by atoms with Gasteiger partial charge in [-0.05, 0) is 27.2 Å². The molecule has 0 amide bonds. The third-order valence-electron chi connectivity index (χ3n) is 9.66. The van der Waals surface area contributed by atoms with Crippen LogP contribution < -0.4 is 0 Å². The van der Waals surface area contributed by atoms with Crippen LogP contribution in [0.1, 0.15) is 137 Å². The van der Waals surface area contributed by atoms with E-state index in [1.54, 1.807) is 0 Å². The van der Waals surface area contributed by atoms with Crippen LogP contribution >= 0.6 is 0 Å². The van der Waals surface area contributed by atoms with Gasteiger partial charge in [-0.15, -0.1) is 0 Å². The Hall–Kier alpha value is -0.160. The average molecular weight is 543 g/mol. The molecule has 0 spiro atoms. The molecule has 0 bridgehead atoms. The molecule has 0 aromatic rings. The summed E-state index contributed by atoms with van der Waals surface area (Å²) in [5.41, 5.74) is 0. The van der Waals surface area contributed by atoms with Crippen molar-refractivity contribution in [1.82, 2.24) is 0 Å². The molecule has 0 aromatic heterocycles. The minimum absolute atomic E-state index is 0.144. The normalized spacial score (nSPS) is 13.8. The lowest BCUT2D eigenvalue weighted by Crippen LogP contribution is -2.55. The van der Waals surface area contributed by atoms with Crippen LogP contribution in [0, 0.1) is 0 Å². The standard InChI is InChI=1S/C34H76N3O/c1-9-13-14-15-16-17-18-19-20-21-22-23-24-25-28-34(38)33-37(12-4,31-26-29-35(5,6)10-2)32-27-30-36(7,8)11-3/h34,38H,9-33H2,1-8H3/q+3. The summed E-state index contributed by atoms with van der Waals surface area (Å²) in [5, 5.41) is 11.1. The number of quaternary nitrogens is 3. The third kappa shape index (κ3) is 20.7. The maximum Gasteiger partial charge on any atom is 0.105 e. The van der Waals surface area contributed by atoms with Crippen molar-refractivity contribution in [3.63, 3.8) is 0 Å². The molecule has 4 heteroatoms. The number of aliphatic hydroxyl groups is 1. The lowest BCUT2D eigenvalue weighted by Gasteiger charge is -2.41. The Bertz CT molecular complexity index is 498. The Kier molecular flexibility index (Phi) is 22.4. The first-order valence-corrected chi connectivity index (χ1v) is 17.2. The van der Waals surface area contributed by atoms with Gasteiger partial charge in [0, 0.05) is 12.8 Å². The number of unbranched alkanes of at least 4 members (excludes halogenated alkanes) is 13. The Morgan fingerprint density at radius 2 is 0.816 bits per heavy atom. The van der Waals surface area contributed by atoms with E-state index in [-0.39, 0.29) is 6.10 Å². The van der Waals surface area contributed by atoms with E-state index < -0.39 is 0 Å². The van der Waals surface area contributed by atoms with Crippen molar-refractivity contribution in [2.24, 2.45) is 0 Å². The summed E-state index contributed by atoms with van der Waals surface area (Å²) in [7, 11) is 9.41. The van der Waals surface area contributed by atoms with Crippen LogP contribution in [-0.2, 0) is 0 Å². The first-order chi connectivity index (χ1) is 18.1. The molecule has 0 fully saturated rings. The summed E-state index contributed by atoms with van der Waals surface area (Å²) < 4.78 is 3.31. The summed E-state index contributed by atoms with van der Waals surface area (Å²) in [6, 6.07) is 0. The van der Waals surface area contributed by atoms with Gasteiger partial charge in [-0.2, -0.15) is 0 Å². The number of nitrogens with zero attached hydrogens (tertiary/aromatic N) is 3. The second-order valence-corrected chi connectivity index (χ2v) is 14.0. The van der Waals surface area contributed by atoms with Crippen molar-refractivity contribution in [1.29, 1.82) is 0 Å². The molecule has 0 heterocycles. The molecular formula is C34H76N3O+3. The molecule has 0 aromatic carbocycles. The smallest absolute Gasteiger partial charge is 0.105 e. The molecule has 0 rings (SSSR count). The molecule has 1 N–H and O–H groups in total. The number of rotatable bonds is 28. The maximum absolute atomic E-state index is 11.1. The largest absolute Gasteiger partial charge is 0.387 e. The minimum atomic E-state index is -0.144. The summed E-state index contributed by atoms with van der Waals surface area (Å²) >= 11 is 0. The molecular weight excluding hydrogens is 466 g/mol. The van der Waals surface area contributed by atoms with Gasteiger partial charge < -0.3 is 18.6 Å². The van der Waals surface area contributed by atoms with Gasteiger partial charge in [-0.3, -0.25) is 0 Å². The predicted octanol–water partition coefficient (Wildman–Crippen LogP) is 8.03. The van der Waals surface area contributed by atoms with Gasteiger partial charge in [0.15, 0.2) is 0 Å². The van der Waals surface area contributed by atoms with Crippen molar-refractivity contribution < 1.29 is 18.6 Å². The quantitative estimate of drug-likeness (QED) is 0.0783. The van der Waals surface area contributed by atoms with Crippen molar-refractivity contribution in [3.05, 3.63) is 0 Å². The van der Waals surface area contributed by atoms with E-state index in [0.29, 0.717) is 0 Å². The fourth-order valence-electron chi connectivity index (χ4n) is 5.84. The van der Waals surface area contributed by atoms with E-state index in [1.807, 2.05) is 0 Å². The zero-order valence-corrected chi connectivity index (χ0v) is 28.0. The second-order valence-electron chi connectivity index (χ2n) is 14.0. The number of hydrogen-bond acceptors (Lipinski definition) is 1. The first-order valence-electron chi connectivity index (χ1n) is 17.2. The topological polar surface area (TPSA) is 20.2 Å². The van der Waals surface area contributed by atoms with E-state index in [1.165, 1.54) is 142 Å². The van der Waals surface area contributed by atoms with Crippen LogP contribution in [0.4, 0.5) is 0 Å². The van der Waals surface area contributed by atoms with E-state index >= 15 is 0 Å². The van der Waals surface area contributed by atoms with Gasteiger partial charge in [-0.1, -0.05) is 96.8 Å². The van der Waals surface area contributed by atoms with Gasteiger partial charge in [-0.25, -0.2) is 0 Å². The molecule has 0 radical (unpaired) electrons. The average Bonchev–Trinajstić information content (AvgIpc) is 2.88. The van der Waals surface area contributed by atoms with Gasteiger partial charge in [0.2, 0.25) is 0 Å².